The van der Waals surface area contributed by atoms with E-state index in [1.165, 1.54) is 23.1 Å². The number of fused-ring (bicyclic) bond motifs is 1. The van der Waals surface area contributed by atoms with Gasteiger partial charge in [0.05, 0.1) is 21.8 Å². The highest BCUT2D eigenvalue weighted by Crippen LogP contribution is 2.31. The number of aromatic nitrogens is 1. The van der Waals surface area contributed by atoms with Gasteiger partial charge in [-0.15, -0.1) is 11.3 Å². The summed E-state index contributed by atoms with van der Waals surface area (Å²) in [5.74, 6) is -1.03. The summed E-state index contributed by atoms with van der Waals surface area (Å²) < 4.78 is 14.4. The number of nitrogens with one attached hydrogen (secondary N) is 1. The molecule has 3 aromatic rings. The Morgan fingerprint density at radius 2 is 2.08 bits per heavy atom. The Hall–Kier alpha value is -2.31. The molecule has 1 atom stereocenters. The van der Waals surface area contributed by atoms with Crippen molar-refractivity contribution in [3.8, 4) is 0 Å². The van der Waals surface area contributed by atoms with Crippen molar-refractivity contribution in [3.05, 3.63) is 59.7 Å². The molecule has 0 aliphatic carbocycles. The molecule has 0 unspecified atom stereocenters. The first kappa shape index (κ1) is 16.5. The standard InChI is InChI=1S/C18H18FN3OS/c1-2-11-3-5-12(6-4-11)14(8-20)18(23)22-17-7-13-15(19)9-21-10-16(13)24-17/h3-7,9-10,14H,2,8,20H2,1H3,(H,22,23)/t14-/m1/s1. The van der Waals surface area contributed by atoms with Gasteiger partial charge in [0.1, 0.15) is 5.82 Å². The SMILES string of the molecule is CCc1ccc([C@@H](CN)C(=O)Nc2cc3c(F)cncc3s2)cc1. The molecule has 4 nitrogen and oxygen atoms in total. The fourth-order valence-corrected chi connectivity index (χ4v) is 3.52. The molecular formula is C18H18FN3OS. The van der Waals surface area contributed by atoms with Crippen molar-refractivity contribution in [2.75, 3.05) is 11.9 Å². The van der Waals surface area contributed by atoms with E-state index in [1.54, 1.807) is 12.3 Å². The average Bonchev–Trinajstić information content (AvgIpc) is 3.00. The number of nitrogens with zero attached hydrogens (tertiary/aromatic N) is 1. The van der Waals surface area contributed by atoms with Gasteiger partial charge in [0.2, 0.25) is 5.91 Å². The van der Waals surface area contributed by atoms with Gasteiger partial charge in [-0.25, -0.2) is 4.39 Å². The number of amides is 1. The molecule has 0 radical (unpaired) electrons. The second kappa shape index (κ2) is 7.07. The van der Waals surface area contributed by atoms with Crippen molar-refractivity contribution in [1.29, 1.82) is 0 Å². The molecule has 0 aliphatic heterocycles. The van der Waals surface area contributed by atoms with Crippen LogP contribution < -0.4 is 11.1 Å². The predicted molar refractivity (Wildman–Crippen MR) is 95.8 cm³/mol. The molecule has 1 amide bonds. The predicted octanol–water partition coefficient (Wildman–Crippen LogP) is 3.68. The molecule has 3 rings (SSSR count). The molecule has 0 aliphatic rings. The summed E-state index contributed by atoms with van der Waals surface area (Å²) in [6.07, 6.45) is 3.70. The Labute approximate surface area is 143 Å². The first-order valence-corrected chi connectivity index (χ1v) is 8.56. The Morgan fingerprint density at radius 3 is 2.71 bits per heavy atom. The maximum Gasteiger partial charge on any atom is 0.233 e. The van der Waals surface area contributed by atoms with E-state index in [2.05, 4.69) is 17.2 Å². The first-order chi connectivity index (χ1) is 11.6. The molecule has 0 bridgehead atoms. The van der Waals surface area contributed by atoms with Gasteiger partial charge in [0.25, 0.3) is 0 Å². The van der Waals surface area contributed by atoms with Crippen molar-refractivity contribution in [3.63, 3.8) is 0 Å². The number of nitrogens with two attached hydrogens (primary N) is 1. The third-order valence-corrected chi connectivity index (χ3v) is 4.97. The number of aryl methyl sites for hydroxylation is 1. The molecule has 0 fully saturated rings. The normalized spacial score (nSPS) is 12.3. The molecule has 2 aromatic heterocycles. The lowest BCUT2D eigenvalue weighted by atomic mass is 9.97. The molecule has 124 valence electrons. The molecule has 0 saturated heterocycles. The Bertz CT molecular complexity index is 860. The van der Waals surface area contributed by atoms with Crippen molar-refractivity contribution in [2.24, 2.45) is 5.73 Å². The fourth-order valence-electron chi connectivity index (χ4n) is 2.58. The smallest absolute Gasteiger partial charge is 0.233 e. The zero-order chi connectivity index (χ0) is 17.1. The van der Waals surface area contributed by atoms with Crippen LogP contribution >= 0.6 is 11.3 Å². The number of carbonyl (C=O) groups is 1. The lowest BCUT2D eigenvalue weighted by Crippen LogP contribution is -2.27. The van der Waals surface area contributed by atoms with Crippen LogP contribution in [0.4, 0.5) is 9.39 Å². The number of hydrogen-bond donors (Lipinski definition) is 2. The largest absolute Gasteiger partial charge is 0.329 e. The van der Waals surface area contributed by atoms with Crippen LogP contribution in [0.25, 0.3) is 10.1 Å². The molecular weight excluding hydrogens is 325 g/mol. The lowest BCUT2D eigenvalue weighted by Gasteiger charge is -2.15. The molecule has 2 heterocycles. The summed E-state index contributed by atoms with van der Waals surface area (Å²) >= 11 is 1.29. The molecule has 24 heavy (non-hydrogen) atoms. The summed E-state index contributed by atoms with van der Waals surface area (Å²) in [6.45, 7) is 2.29. The van der Waals surface area contributed by atoms with Gasteiger partial charge in [0.15, 0.2) is 0 Å². The van der Waals surface area contributed by atoms with Gasteiger partial charge in [-0.3, -0.25) is 9.78 Å². The number of thiophene rings is 1. The average molecular weight is 343 g/mol. The van der Waals surface area contributed by atoms with Crippen LogP contribution in [-0.4, -0.2) is 17.4 Å². The summed E-state index contributed by atoms with van der Waals surface area (Å²) in [5, 5.41) is 3.89. The highest BCUT2D eigenvalue weighted by atomic mass is 32.1. The summed E-state index contributed by atoms with van der Waals surface area (Å²) in [7, 11) is 0. The number of benzene rings is 1. The first-order valence-electron chi connectivity index (χ1n) is 7.75. The van der Waals surface area contributed by atoms with Crippen molar-refractivity contribution in [2.45, 2.75) is 19.3 Å². The molecule has 6 heteroatoms. The number of hydrogen-bond acceptors (Lipinski definition) is 4. The van der Waals surface area contributed by atoms with Gasteiger partial charge >= 0.3 is 0 Å². The summed E-state index contributed by atoms with van der Waals surface area (Å²) in [4.78, 5) is 16.4. The number of pyridine rings is 1. The Morgan fingerprint density at radius 1 is 1.33 bits per heavy atom. The molecule has 0 spiro atoms. The minimum absolute atomic E-state index is 0.193. The monoisotopic (exact) mass is 343 g/mol. The van der Waals surface area contributed by atoms with Crippen LogP contribution in [0, 0.1) is 5.82 Å². The van der Waals surface area contributed by atoms with Gasteiger partial charge in [-0.05, 0) is 23.6 Å². The molecule has 0 saturated carbocycles. The second-order valence-corrected chi connectivity index (χ2v) is 6.60. The van der Waals surface area contributed by atoms with E-state index < -0.39 is 11.7 Å². The van der Waals surface area contributed by atoms with Gasteiger partial charge in [-0.1, -0.05) is 31.2 Å². The second-order valence-electron chi connectivity index (χ2n) is 5.52. The number of anilines is 1. The maximum atomic E-state index is 13.7. The highest BCUT2D eigenvalue weighted by molar-refractivity contribution is 7.22. The van der Waals surface area contributed by atoms with Crippen molar-refractivity contribution in [1.82, 2.24) is 4.98 Å². The summed E-state index contributed by atoms with van der Waals surface area (Å²) in [6, 6.07) is 9.51. The van der Waals surface area contributed by atoms with E-state index in [-0.39, 0.29) is 12.5 Å². The van der Waals surface area contributed by atoms with Crippen LogP contribution in [0.5, 0.6) is 0 Å². The van der Waals surface area contributed by atoms with Crippen LogP contribution in [0.1, 0.15) is 24.0 Å². The quantitative estimate of drug-likeness (QED) is 0.742. The van der Waals surface area contributed by atoms with Crippen LogP contribution in [0.3, 0.4) is 0 Å². The van der Waals surface area contributed by atoms with Crippen LogP contribution in [-0.2, 0) is 11.2 Å². The number of rotatable bonds is 5. The fraction of sp³-hybridized carbons (Fsp3) is 0.222. The third-order valence-electron chi connectivity index (χ3n) is 3.99. The van der Waals surface area contributed by atoms with E-state index in [9.17, 15) is 9.18 Å². The number of halogens is 1. The van der Waals surface area contributed by atoms with Gasteiger partial charge in [-0.2, -0.15) is 0 Å². The van der Waals surface area contributed by atoms with E-state index in [1.807, 2.05) is 24.3 Å². The minimum Gasteiger partial charge on any atom is -0.329 e. The van der Waals surface area contributed by atoms with Crippen molar-refractivity contribution >= 4 is 32.3 Å². The minimum atomic E-state index is -0.441. The zero-order valence-electron chi connectivity index (χ0n) is 13.3. The van der Waals surface area contributed by atoms with Gasteiger partial charge in [0, 0.05) is 18.1 Å². The zero-order valence-corrected chi connectivity index (χ0v) is 14.1. The van der Waals surface area contributed by atoms with Crippen molar-refractivity contribution < 1.29 is 9.18 Å². The van der Waals surface area contributed by atoms with E-state index in [0.29, 0.717) is 15.1 Å². The third kappa shape index (κ3) is 3.29. The molecule has 1 aromatic carbocycles. The molecule has 3 N–H and O–H groups in total. The van der Waals surface area contributed by atoms with E-state index in [0.717, 1.165) is 12.0 Å². The van der Waals surface area contributed by atoms with Crippen LogP contribution in [0.2, 0.25) is 0 Å². The topological polar surface area (TPSA) is 68.0 Å². The lowest BCUT2D eigenvalue weighted by molar-refractivity contribution is -0.117. The van der Waals surface area contributed by atoms with E-state index >= 15 is 0 Å². The summed E-state index contributed by atoms with van der Waals surface area (Å²) in [5.41, 5.74) is 7.89. The highest BCUT2D eigenvalue weighted by Gasteiger charge is 2.20. The number of carbonyl (C=O) groups excluding carboxylic acids is 1. The van der Waals surface area contributed by atoms with Crippen LogP contribution in [0.15, 0.2) is 42.7 Å². The maximum absolute atomic E-state index is 13.7. The van der Waals surface area contributed by atoms with Gasteiger partial charge < -0.3 is 11.1 Å². The Kier molecular flexibility index (Phi) is 4.87. The van der Waals surface area contributed by atoms with E-state index in [4.69, 9.17) is 5.73 Å². The Balaban J connectivity index is 1.81.